The van der Waals surface area contributed by atoms with E-state index in [1.165, 1.54) is 16.7 Å². The molecule has 0 saturated carbocycles. The summed E-state index contributed by atoms with van der Waals surface area (Å²) in [5.74, 6) is 1.30. The lowest BCUT2D eigenvalue weighted by Gasteiger charge is -2.18. The molecule has 4 aromatic rings. The summed E-state index contributed by atoms with van der Waals surface area (Å²) in [7, 11) is 1.65. The molecule has 0 aliphatic carbocycles. The number of hydrogen-bond acceptors (Lipinski definition) is 3. The third kappa shape index (κ3) is 5.26. The van der Waals surface area contributed by atoms with Crippen LogP contribution in [0.3, 0.4) is 0 Å². The highest BCUT2D eigenvalue weighted by molar-refractivity contribution is 6.29. The summed E-state index contributed by atoms with van der Waals surface area (Å²) < 4.78 is 5.39. The van der Waals surface area contributed by atoms with Gasteiger partial charge in [0.05, 0.1) is 18.5 Å². The second kappa shape index (κ2) is 10.2. The lowest BCUT2D eigenvalue weighted by molar-refractivity contribution is 0.398. The maximum atomic E-state index is 6.20. The first-order chi connectivity index (χ1) is 16.0. The molecule has 0 radical (unpaired) electrons. The van der Waals surface area contributed by atoms with Crippen LogP contribution in [0.4, 0.5) is 0 Å². The van der Waals surface area contributed by atoms with Crippen molar-refractivity contribution in [2.45, 2.75) is 39.0 Å². The Balaban J connectivity index is 1.61. The van der Waals surface area contributed by atoms with Crippen LogP contribution in [0, 0.1) is 0 Å². The van der Waals surface area contributed by atoms with Gasteiger partial charge in [0.2, 0.25) is 5.88 Å². The molecule has 168 valence electrons. The first-order valence-electron chi connectivity index (χ1n) is 11.3. The van der Waals surface area contributed by atoms with Gasteiger partial charge in [-0.25, -0.2) is 9.97 Å². The molecule has 2 aromatic heterocycles. The fraction of sp³-hybridized carbons (Fsp3) is 0.241. The van der Waals surface area contributed by atoms with Gasteiger partial charge in [-0.1, -0.05) is 99.1 Å². The Labute approximate surface area is 201 Å². The predicted octanol–water partition coefficient (Wildman–Crippen LogP) is 7.94. The highest BCUT2D eigenvalue weighted by Gasteiger charge is 2.16. The molecule has 4 rings (SSSR count). The maximum Gasteiger partial charge on any atom is 0.213 e. The number of pyridine rings is 2. The van der Waals surface area contributed by atoms with Crippen molar-refractivity contribution in [2.24, 2.45) is 0 Å². The zero-order valence-electron chi connectivity index (χ0n) is 19.5. The maximum absolute atomic E-state index is 6.20. The first-order valence-corrected chi connectivity index (χ1v) is 11.7. The quantitative estimate of drug-likeness (QED) is 0.265. The lowest BCUT2D eigenvalue weighted by Crippen LogP contribution is -2.04. The molecular weight excluding hydrogens is 428 g/mol. The minimum Gasteiger partial charge on any atom is -0.481 e. The Hall–Kier alpha value is -3.17. The summed E-state index contributed by atoms with van der Waals surface area (Å²) in [6.45, 7) is 6.61. The van der Waals surface area contributed by atoms with Crippen LogP contribution in [0.1, 0.15) is 49.3 Å². The number of hydrogen-bond donors (Lipinski definition) is 0. The molecule has 33 heavy (non-hydrogen) atoms. The standard InChI is InChI=1S/C29H29ClN2O/c1-19(2)24-14-16-26(30)31-28(24)23-12-10-21(11-13-23)18-20(3)25-15-17-27(33-4)32-29(25)22-8-6-5-7-9-22/h5-17,19-20H,18H2,1-4H3. The minimum absolute atomic E-state index is 0.292. The van der Waals surface area contributed by atoms with Crippen LogP contribution in [0.2, 0.25) is 5.15 Å². The molecule has 0 bridgehead atoms. The highest BCUT2D eigenvalue weighted by atomic mass is 35.5. The number of aromatic nitrogens is 2. The average Bonchev–Trinajstić information content (AvgIpc) is 2.84. The SMILES string of the molecule is COc1ccc(C(C)Cc2ccc(-c3nc(Cl)ccc3C(C)C)cc2)c(-c2ccccc2)n1. The molecule has 0 saturated heterocycles. The molecule has 1 atom stereocenters. The fourth-order valence-electron chi connectivity index (χ4n) is 4.20. The van der Waals surface area contributed by atoms with Gasteiger partial charge in [0.15, 0.2) is 0 Å². The van der Waals surface area contributed by atoms with E-state index in [1.807, 2.05) is 30.3 Å². The highest BCUT2D eigenvalue weighted by Crippen LogP contribution is 2.33. The molecule has 0 N–H and O–H groups in total. The van der Waals surface area contributed by atoms with Crippen molar-refractivity contribution in [3.63, 3.8) is 0 Å². The van der Waals surface area contributed by atoms with Gasteiger partial charge in [-0.05, 0) is 41.0 Å². The van der Waals surface area contributed by atoms with E-state index in [9.17, 15) is 0 Å². The number of halogens is 1. The monoisotopic (exact) mass is 456 g/mol. The van der Waals surface area contributed by atoms with Crippen molar-refractivity contribution in [1.82, 2.24) is 9.97 Å². The van der Waals surface area contributed by atoms with E-state index in [2.05, 4.69) is 74.3 Å². The van der Waals surface area contributed by atoms with Gasteiger partial charge in [-0.2, -0.15) is 0 Å². The molecule has 0 amide bonds. The Morgan fingerprint density at radius 1 is 0.727 bits per heavy atom. The third-order valence-electron chi connectivity index (χ3n) is 5.97. The van der Waals surface area contributed by atoms with Crippen LogP contribution in [0.25, 0.3) is 22.5 Å². The van der Waals surface area contributed by atoms with Crippen LogP contribution in [0.15, 0.2) is 78.9 Å². The number of benzene rings is 2. The predicted molar refractivity (Wildman–Crippen MR) is 137 cm³/mol. The van der Waals surface area contributed by atoms with E-state index in [0.29, 0.717) is 22.9 Å². The van der Waals surface area contributed by atoms with Crippen molar-refractivity contribution in [3.8, 4) is 28.4 Å². The molecule has 2 heterocycles. The van der Waals surface area contributed by atoms with Crippen molar-refractivity contribution >= 4 is 11.6 Å². The van der Waals surface area contributed by atoms with Crippen molar-refractivity contribution < 1.29 is 4.74 Å². The summed E-state index contributed by atoms with van der Waals surface area (Å²) in [6.07, 6.45) is 0.911. The van der Waals surface area contributed by atoms with Gasteiger partial charge in [0.25, 0.3) is 0 Å². The molecule has 0 aliphatic heterocycles. The van der Waals surface area contributed by atoms with Gasteiger partial charge in [0, 0.05) is 17.2 Å². The zero-order valence-corrected chi connectivity index (χ0v) is 20.3. The summed E-state index contributed by atoms with van der Waals surface area (Å²) in [4.78, 5) is 9.38. The summed E-state index contributed by atoms with van der Waals surface area (Å²) >= 11 is 6.20. The van der Waals surface area contributed by atoms with Gasteiger partial charge < -0.3 is 4.74 Å². The van der Waals surface area contributed by atoms with Gasteiger partial charge in [-0.15, -0.1) is 0 Å². The van der Waals surface area contributed by atoms with E-state index in [0.717, 1.165) is 28.9 Å². The van der Waals surface area contributed by atoms with E-state index in [1.54, 1.807) is 7.11 Å². The fourth-order valence-corrected chi connectivity index (χ4v) is 4.34. The molecule has 3 nitrogen and oxygen atoms in total. The Bertz CT molecular complexity index is 1220. The van der Waals surface area contributed by atoms with E-state index in [4.69, 9.17) is 21.3 Å². The average molecular weight is 457 g/mol. The topological polar surface area (TPSA) is 35.0 Å². The van der Waals surface area contributed by atoms with Gasteiger partial charge in [0.1, 0.15) is 5.15 Å². The number of methoxy groups -OCH3 is 1. The molecule has 0 spiro atoms. The van der Waals surface area contributed by atoms with Crippen molar-refractivity contribution in [1.29, 1.82) is 0 Å². The Kier molecular flexibility index (Phi) is 7.10. The molecule has 0 fully saturated rings. The molecular formula is C29H29ClN2O. The van der Waals surface area contributed by atoms with Crippen LogP contribution >= 0.6 is 11.6 Å². The third-order valence-corrected chi connectivity index (χ3v) is 6.18. The molecule has 1 unspecified atom stereocenters. The van der Waals surface area contributed by atoms with Gasteiger partial charge >= 0.3 is 0 Å². The second-order valence-corrected chi connectivity index (χ2v) is 9.07. The molecule has 0 aliphatic rings. The van der Waals surface area contributed by atoms with Crippen molar-refractivity contribution in [2.75, 3.05) is 7.11 Å². The van der Waals surface area contributed by atoms with E-state index in [-0.39, 0.29) is 0 Å². The zero-order chi connectivity index (χ0) is 23.4. The molecule has 2 aromatic carbocycles. The van der Waals surface area contributed by atoms with E-state index < -0.39 is 0 Å². The minimum atomic E-state index is 0.292. The normalized spacial score (nSPS) is 12.1. The molecule has 4 heteroatoms. The van der Waals surface area contributed by atoms with Crippen LogP contribution < -0.4 is 4.74 Å². The lowest BCUT2D eigenvalue weighted by atomic mass is 9.89. The Morgan fingerprint density at radius 3 is 2.03 bits per heavy atom. The van der Waals surface area contributed by atoms with Gasteiger partial charge in [-0.3, -0.25) is 0 Å². The van der Waals surface area contributed by atoms with Crippen LogP contribution in [-0.2, 0) is 6.42 Å². The number of rotatable bonds is 7. The summed E-state index contributed by atoms with van der Waals surface area (Å²) in [5, 5.41) is 0.521. The summed E-state index contributed by atoms with van der Waals surface area (Å²) in [5.41, 5.74) is 7.82. The van der Waals surface area contributed by atoms with E-state index >= 15 is 0 Å². The number of ether oxygens (including phenoxy) is 1. The smallest absolute Gasteiger partial charge is 0.213 e. The van der Waals surface area contributed by atoms with Crippen molar-refractivity contribution in [3.05, 3.63) is 101 Å². The number of nitrogens with zero attached hydrogens (tertiary/aromatic N) is 2. The largest absolute Gasteiger partial charge is 0.481 e. The van der Waals surface area contributed by atoms with Crippen LogP contribution in [0.5, 0.6) is 5.88 Å². The first kappa shape index (κ1) is 23.0. The Morgan fingerprint density at radius 2 is 1.36 bits per heavy atom. The summed E-state index contributed by atoms with van der Waals surface area (Å²) in [6, 6.07) is 27.0. The second-order valence-electron chi connectivity index (χ2n) is 8.69. The van der Waals surface area contributed by atoms with Crippen LogP contribution in [-0.4, -0.2) is 17.1 Å².